The minimum atomic E-state index is -2.98. The summed E-state index contributed by atoms with van der Waals surface area (Å²) in [4.78, 5) is 12.4. The molecule has 2 fully saturated rings. The Kier molecular flexibility index (Phi) is 4.74. The third-order valence-electron chi connectivity index (χ3n) is 4.86. The van der Waals surface area contributed by atoms with Gasteiger partial charge in [0.1, 0.15) is 0 Å². The van der Waals surface area contributed by atoms with E-state index in [9.17, 15) is 13.2 Å². The maximum absolute atomic E-state index is 12.4. The number of carbonyl (C=O) groups is 1. The maximum Gasteiger partial charge on any atom is 0.226 e. The van der Waals surface area contributed by atoms with Crippen molar-refractivity contribution in [2.45, 2.75) is 44.8 Å². The molecule has 0 spiro atoms. The van der Waals surface area contributed by atoms with Crippen LogP contribution < -0.4 is 10.6 Å². The molecule has 2 heterocycles. The molecule has 2 aliphatic heterocycles. The Hall–Kier alpha value is -0.620. The van der Waals surface area contributed by atoms with Gasteiger partial charge in [-0.3, -0.25) is 4.79 Å². The topological polar surface area (TPSA) is 75.3 Å². The van der Waals surface area contributed by atoms with Crippen LogP contribution in [-0.4, -0.2) is 45.0 Å². The van der Waals surface area contributed by atoms with Crippen molar-refractivity contribution in [2.24, 2.45) is 11.3 Å². The molecule has 0 saturated carbocycles. The van der Waals surface area contributed by atoms with E-state index in [4.69, 9.17) is 0 Å². The van der Waals surface area contributed by atoms with E-state index in [0.717, 1.165) is 32.4 Å². The van der Waals surface area contributed by atoms with Gasteiger partial charge in [0.15, 0.2) is 9.84 Å². The molecule has 5 nitrogen and oxygen atoms in total. The summed E-state index contributed by atoms with van der Waals surface area (Å²) in [6.07, 6.45) is 3.54. The fraction of sp³-hybridized carbons (Fsp3) is 0.929. The van der Waals surface area contributed by atoms with Crippen molar-refractivity contribution in [1.82, 2.24) is 10.6 Å². The summed E-state index contributed by atoms with van der Waals surface area (Å²) in [5.41, 5.74) is -0.449. The Morgan fingerprint density at radius 3 is 2.60 bits per heavy atom. The van der Waals surface area contributed by atoms with Crippen LogP contribution in [0.5, 0.6) is 0 Å². The summed E-state index contributed by atoms with van der Waals surface area (Å²) in [7, 11) is -2.98. The molecule has 6 heteroatoms. The Morgan fingerprint density at radius 1 is 1.30 bits per heavy atom. The summed E-state index contributed by atoms with van der Waals surface area (Å²) >= 11 is 0. The summed E-state index contributed by atoms with van der Waals surface area (Å²) in [5.74, 6) is 0.563. The third-order valence-corrected chi connectivity index (χ3v) is 7.13. The van der Waals surface area contributed by atoms with Crippen molar-refractivity contribution in [3.05, 3.63) is 0 Å². The van der Waals surface area contributed by atoms with Crippen molar-refractivity contribution in [3.63, 3.8) is 0 Å². The summed E-state index contributed by atoms with van der Waals surface area (Å²) in [5, 5.41) is 5.82. The Balaban J connectivity index is 1.90. The highest BCUT2D eigenvalue weighted by Gasteiger charge is 2.38. The van der Waals surface area contributed by atoms with E-state index < -0.39 is 15.3 Å². The highest BCUT2D eigenvalue weighted by molar-refractivity contribution is 7.92. The van der Waals surface area contributed by atoms with Gasteiger partial charge in [-0.1, -0.05) is 13.8 Å². The highest BCUT2D eigenvalue weighted by atomic mass is 32.2. The fourth-order valence-electron chi connectivity index (χ4n) is 3.17. The minimum absolute atomic E-state index is 0.0201. The average molecular weight is 302 g/mol. The lowest BCUT2D eigenvalue weighted by Crippen LogP contribution is -2.49. The number of hydrogen-bond acceptors (Lipinski definition) is 4. The SMILES string of the molecule is CC(C)(C(=O)NCC1CCCS1(=O)=O)C1CCCNC1. The second-order valence-electron chi connectivity index (χ2n) is 6.61. The van der Waals surface area contributed by atoms with Gasteiger partial charge in [-0.25, -0.2) is 8.42 Å². The first-order valence-electron chi connectivity index (χ1n) is 7.54. The zero-order valence-corrected chi connectivity index (χ0v) is 13.3. The van der Waals surface area contributed by atoms with Gasteiger partial charge >= 0.3 is 0 Å². The average Bonchev–Trinajstić information content (AvgIpc) is 2.76. The van der Waals surface area contributed by atoms with Crippen LogP contribution in [0.4, 0.5) is 0 Å². The van der Waals surface area contributed by atoms with Gasteiger partial charge in [0.25, 0.3) is 0 Å². The number of carbonyl (C=O) groups excluding carboxylic acids is 1. The number of piperidine rings is 1. The number of sulfone groups is 1. The molecule has 2 saturated heterocycles. The second kappa shape index (κ2) is 6.02. The molecule has 116 valence electrons. The zero-order valence-electron chi connectivity index (χ0n) is 12.4. The van der Waals surface area contributed by atoms with Crippen LogP contribution in [0.25, 0.3) is 0 Å². The van der Waals surface area contributed by atoms with E-state index in [1.807, 2.05) is 13.8 Å². The predicted octanol–water partition coefficient (Wildman–Crippen LogP) is 0.706. The minimum Gasteiger partial charge on any atom is -0.354 e. The summed E-state index contributed by atoms with van der Waals surface area (Å²) in [6, 6.07) is 0. The Morgan fingerprint density at radius 2 is 2.05 bits per heavy atom. The number of nitrogens with one attached hydrogen (secondary N) is 2. The lowest BCUT2D eigenvalue weighted by molar-refractivity contribution is -0.132. The largest absolute Gasteiger partial charge is 0.354 e. The van der Waals surface area contributed by atoms with Crippen molar-refractivity contribution in [3.8, 4) is 0 Å². The van der Waals surface area contributed by atoms with E-state index in [-0.39, 0.29) is 23.5 Å². The van der Waals surface area contributed by atoms with Crippen LogP contribution in [0.1, 0.15) is 39.5 Å². The van der Waals surface area contributed by atoms with Crippen molar-refractivity contribution >= 4 is 15.7 Å². The molecule has 2 aliphatic rings. The first-order valence-corrected chi connectivity index (χ1v) is 9.26. The Labute approximate surface area is 121 Å². The van der Waals surface area contributed by atoms with Gasteiger partial charge in [-0.2, -0.15) is 0 Å². The molecule has 0 aromatic rings. The van der Waals surface area contributed by atoms with Crippen LogP contribution in [0.2, 0.25) is 0 Å². The van der Waals surface area contributed by atoms with Crippen LogP contribution in [0.15, 0.2) is 0 Å². The van der Waals surface area contributed by atoms with Crippen LogP contribution in [-0.2, 0) is 14.6 Å². The second-order valence-corrected chi connectivity index (χ2v) is 9.01. The van der Waals surface area contributed by atoms with E-state index >= 15 is 0 Å². The van der Waals surface area contributed by atoms with E-state index in [0.29, 0.717) is 12.3 Å². The molecule has 1 amide bonds. The van der Waals surface area contributed by atoms with E-state index in [1.165, 1.54) is 0 Å². The first-order chi connectivity index (χ1) is 9.34. The van der Waals surface area contributed by atoms with E-state index in [2.05, 4.69) is 10.6 Å². The lowest BCUT2D eigenvalue weighted by atomic mass is 9.74. The van der Waals surface area contributed by atoms with Gasteiger partial charge in [-0.05, 0) is 44.7 Å². The predicted molar refractivity (Wildman–Crippen MR) is 79.2 cm³/mol. The van der Waals surface area contributed by atoms with Crippen molar-refractivity contribution < 1.29 is 13.2 Å². The quantitative estimate of drug-likeness (QED) is 0.802. The normalized spacial score (nSPS) is 30.1. The molecule has 2 N–H and O–H groups in total. The van der Waals surface area contributed by atoms with Gasteiger partial charge in [0.05, 0.1) is 11.0 Å². The van der Waals surface area contributed by atoms with Gasteiger partial charge < -0.3 is 10.6 Å². The maximum atomic E-state index is 12.4. The number of rotatable bonds is 4. The monoisotopic (exact) mass is 302 g/mol. The lowest BCUT2D eigenvalue weighted by Gasteiger charge is -2.36. The molecule has 0 radical (unpaired) electrons. The molecule has 2 atom stereocenters. The number of amides is 1. The van der Waals surface area contributed by atoms with Gasteiger partial charge in [0, 0.05) is 12.0 Å². The summed E-state index contributed by atoms with van der Waals surface area (Å²) in [6.45, 7) is 6.08. The molecular formula is C14H26N2O3S. The van der Waals surface area contributed by atoms with Gasteiger partial charge in [-0.15, -0.1) is 0 Å². The standard InChI is InChI=1S/C14H26N2O3S/c1-14(2,11-5-3-7-15-9-11)13(17)16-10-12-6-4-8-20(12,18)19/h11-12,15H,3-10H2,1-2H3,(H,16,17). The molecule has 2 unspecified atom stereocenters. The van der Waals surface area contributed by atoms with Crippen LogP contribution in [0.3, 0.4) is 0 Å². The van der Waals surface area contributed by atoms with Gasteiger partial charge in [0.2, 0.25) is 5.91 Å². The van der Waals surface area contributed by atoms with Crippen molar-refractivity contribution in [1.29, 1.82) is 0 Å². The Bertz CT molecular complexity index is 453. The van der Waals surface area contributed by atoms with Crippen LogP contribution in [0, 0.1) is 11.3 Å². The zero-order chi connectivity index (χ0) is 14.8. The smallest absolute Gasteiger partial charge is 0.226 e. The molecular weight excluding hydrogens is 276 g/mol. The molecule has 0 aliphatic carbocycles. The van der Waals surface area contributed by atoms with Crippen molar-refractivity contribution in [2.75, 3.05) is 25.4 Å². The summed E-state index contributed by atoms with van der Waals surface area (Å²) < 4.78 is 23.5. The first kappa shape index (κ1) is 15.8. The van der Waals surface area contributed by atoms with E-state index in [1.54, 1.807) is 0 Å². The molecule has 0 aromatic carbocycles. The number of hydrogen-bond donors (Lipinski definition) is 2. The molecule has 0 bridgehead atoms. The molecule has 20 heavy (non-hydrogen) atoms. The third kappa shape index (κ3) is 3.34. The van der Waals surface area contributed by atoms with Crippen LogP contribution >= 0.6 is 0 Å². The highest BCUT2D eigenvalue weighted by Crippen LogP contribution is 2.32. The fourth-order valence-corrected chi connectivity index (χ4v) is 4.94. The molecule has 2 rings (SSSR count). The molecule has 0 aromatic heterocycles.